The monoisotopic (exact) mass is 346 g/mol. The zero-order valence-corrected chi connectivity index (χ0v) is 13.9. The Kier molecular flexibility index (Phi) is 4.97. The van der Waals surface area contributed by atoms with Crippen LogP contribution in [0.2, 0.25) is 0 Å². The van der Waals surface area contributed by atoms with E-state index in [9.17, 15) is 14.0 Å². The molecule has 0 saturated carbocycles. The lowest BCUT2D eigenvalue weighted by Gasteiger charge is -2.36. The standard InChI is InChI=1S/C17H19FN4O3/c1-20-11-13(10-19-20)17(24)25-12-16(23)22-8-6-21(7-9-22)15-4-2-14(18)3-5-15/h2-5,10-11H,6-9,12H2,1H3. The molecule has 3 rings (SSSR count). The maximum Gasteiger partial charge on any atom is 0.341 e. The van der Waals surface area contributed by atoms with Crippen molar-refractivity contribution < 1.29 is 18.7 Å². The average Bonchev–Trinajstić information content (AvgIpc) is 3.07. The lowest BCUT2D eigenvalue weighted by atomic mass is 10.2. The molecule has 7 nitrogen and oxygen atoms in total. The third kappa shape index (κ3) is 4.14. The molecule has 1 saturated heterocycles. The third-order valence-corrected chi connectivity index (χ3v) is 4.09. The number of ether oxygens (including phenoxy) is 1. The van der Waals surface area contributed by atoms with Gasteiger partial charge in [-0.25, -0.2) is 9.18 Å². The number of halogens is 1. The summed E-state index contributed by atoms with van der Waals surface area (Å²) in [6, 6.07) is 6.29. The van der Waals surface area contributed by atoms with E-state index in [-0.39, 0.29) is 18.3 Å². The molecule has 1 aliphatic heterocycles. The first kappa shape index (κ1) is 16.9. The smallest absolute Gasteiger partial charge is 0.341 e. The van der Waals surface area contributed by atoms with Gasteiger partial charge in [0.2, 0.25) is 0 Å². The van der Waals surface area contributed by atoms with E-state index in [1.165, 1.54) is 29.2 Å². The van der Waals surface area contributed by atoms with Gasteiger partial charge in [-0.1, -0.05) is 0 Å². The van der Waals surface area contributed by atoms with Crippen LogP contribution < -0.4 is 4.90 Å². The number of hydrogen-bond donors (Lipinski definition) is 0. The number of rotatable bonds is 4. The lowest BCUT2D eigenvalue weighted by molar-refractivity contribution is -0.134. The Morgan fingerprint density at radius 2 is 1.84 bits per heavy atom. The minimum Gasteiger partial charge on any atom is -0.452 e. The highest BCUT2D eigenvalue weighted by atomic mass is 19.1. The Bertz CT molecular complexity index is 752. The molecule has 0 aliphatic carbocycles. The zero-order valence-electron chi connectivity index (χ0n) is 13.9. The third-order valence-electron chi connectivity index (χ3n) is 4.09. The van der Waals surface area contributed by atoms with Gasteiger partial charge in [-0.05, 0) is 24.3 Å². The van der Waals surface area contributed by atoms with Crippen LogP contribution in [0.1, 0.15) is 10.4 Å². The second-order valence-corrected chi connectivity index (χ2v) is 5.82. The molecule has 1 aliphatic rings. The van der Waals surface area contributed by atoms with Crippen molar-refractivity contribution in [2.24, 2.45) is 7.05 Å². The fraction of sp³-hybridized carbons (Fsp3) is 0.353. The van der Waals surface area contributed by atoms with E-state index in [4.69, 9.17) is 4.74 Å². The van der Waals surface area contributed by atoms with Crippen LogP contribution in [0.15, 0.2) is 36.7 Å². The Hall–Kier alpha value is -2.90. The van der Waals surface area contributed by atoms with Crippen LogP contribution in [0.5, 0.6) is 0 Å². The van der Waals surface area contributed by atoms with Gasteiger partial charge >= 0.3 is 5.97 Å². The van der Waals surface area contributed by atoms with Crippen LogP contribution in [-0.2, 0) is 16.6 Å². The number of carbonyl (C=O) groups is 2. The molecule has 132 valence electrons. The molecule has 1 amide bonds. The number of piperazine rings is 1. The molecule has 2 heterocycles. The SMILES string of the molecule is Cn1cc(C(=O)OCC(=O)N2CCN(c3ccc(F)cc3)CC2)cn1. The molecule has 1 aromatic heterocycles. The van der Waals surface area contributed by atoms with Crippen molar-refractivity contribution in [2.45, 2.75) is 0 Å². The number of anilines is 1. The number of hydrogen-bond acceptors (Lipinski definition) is 5. The number of benzene rings is 1. The van der Waals surface area contributed by atoms with Gasteiger partial charge in [-0.2, -0.15) is 5.10 Å². The summed E-state index contributed by atoms with van der Waals surface area (Å²) in [6.07, 6.45) is 2.93. The molecule has 0 atom stereocenters. The molecule has 0 spiro atoms. The number of amides is 1. The second kappa shape index (κ2) is 7.33. The quantitative estimate of drug-likeness (QED) is 0.775. The van der Waals surface area contributed by atoms with E-state index in [0.29, 0.717) is 31.7 Å². The predicted octanol–water partition coefficient (Wildman–Crippen LogP) is 1.06. The number of carbonyl (C=O) groups excluding carboxylic acids is 2. The van der Waals surface area contributed by atoms with Crippen molar-refractivity contribution in [1.29, 1.82) is 0 Å². The highest BCUT2D eigenvalue weighted by Gasteiger charge is 2.22. The van der Waals surface area contributed by atoms with E-state index in [1.807, 2.05) is 0 Å². The minimum absolute atomic E-state index is 0.226. The molecule has 0 radical (unpaired) electrons. The summed E-state index contributed by atoms with van der Waals surface area (Å²) in [7, 11) is 1.70. The van der Waals surface area contributed by atoms with Crippen molar-refractivity contribution in [3.05, 3.63) is 48.0 Å². The van der Waals surface area contributed by atoms with Crippen molar-refractivity contribution >= 4 is 17.6 Å². The Labute approximate surface area is 144 Å². The summed E-state index contributed by atoms with van der Waals surface area (Å²) >= 11 is 0. The van der Waals surface area contributed by atoms with Crippen LogP contribution in [0.4, 0.5) is 10.1 Å². The van der Waals surface area contributed by atoms with Gasteiger partial charge in [0.25, 0.3) is 5.91 Å². The lowest BCUT2D eigenvalue weighted by Crippen LogP contribution is -2.49. The largest absolute Gasteiger partial charge is 0.452 e. The first-order chi connectivity index (χ1) is 12.0. The molecule has 8 heteroatoms. The highest BCUT2D eigenvalue weighted by molar-refractivity contribution is 5.90. The van der Waals surface area contributed by atoms with Crippen LogP contribution in [0, 0.1) is 5.82 Å². The normalized spacial score (nSPS) is 14.5. The molecule has 25 heavy (non-hydrogen) atoms. The fourth-order valence-corrected chi connectivity index (χ4v) is 2.69. The Morgan fingerprint density at radius 3 is 2.44 bits per heavy atom. The minimum atomic E-state index is -0.564. The summed E-state index contributed by atoms with van der Waals surface area (Å²) in [5.41, 5.74) is 1.24. The van der Waals surface area contributed by atoms with Gasteiger partial charge in [-0.15, -0.1) is 0 Å². The van der Waals surface area contributed by atoms with Gasteiger partial charge in [0, 0.05) is 45.1 Å². The van der Waals surface area contributed by atoms with Crippen molar-refractivity contribution in [3.63, 3.8) is 0 Å². The van der Waals surface area contributed by atoms with Gasteiger partial charge in [0.05, 0.1) is 11.8 Å². The molecule has 1 aromatic carbocycles. The summed E-state index contributed by atoms with van der Waals surface area (Å²) in [5.74, 6) is -1.06. The maximum atomic E-state index is 13.0. The van der Waals surface area contributed by atoms with Crippen LogP contribution in [0.3, 0.4) is 0 Å². The summed E-state index contributed by atoms with van der Waals surface area (Å²) < 4.78 is 19.5. The highest BCUT2D eigenvalue weighted by Crippen LogP contribution is 2.17. The second-order valence-electron chi connectivity index (χ2n) is 5.82. The predicted molar refractivity (Wildman–Crippen MR) is 88.7 cm³/mol. The fourth-order valence-electron chi connectivity index (χ4n) is 2.69. The van der Waals surface area contributed by atoms with Crippen LogP contribution in [-0.4, -0.2) is 59.3 Å². The van der Waals surface area contributed by atoms with Gasteiger partial charge in [-0.3, -0.25) is 9.48 Å². The number of aryl methyl sites for hydroxylation is 1. The Balaban J connectivity index is 1.46. The molecule has 2 aromatic rings. The topological polar surface area (TPSA) is 67.7 Å². The first-order valence-electron chi connectivity index (χ1n) is 7.97. The van der Waals surface area contributed by atoms with Crippen molar-refractivity contribution in [1.82, 2.24) is 14.7 Å². The zero-order chi connectivity index (χ0) is 17.8. The summed E-state index contributed by atoms with van der Waals surface area (Å²) in [6.45, 7) is 2.06. The Morgan fingerprint density at radius 1 is 1.16 bits per heavy atom. The van der Waals surface area contributed by atoms with E-state index in [2.05, 4.69) is 10.00 Å². The molecule has 1 fully saturated rings. The molecular formula is C17H19FN4O3. The number of nitrogens with zero attached hydrogens (tertiary/aromatic N) is 4. The molecule has 0 N–H and O–H groups in total. The van der Waals surface area contributed by atoms with Crippen LogP contribution in [0.25, 0.3) is 0 Å². The molecular weight excluding hydrogens is 327 g/mol. The average molecular weight is 346 g/mol. The maximum absolute atomic E-state index is 13.0. The van der Waals surface area contributed by atoms with E-state index in [0.717, 1.165) is 5.69 Å². The first-order valence-corrected chi connectivity index (χ1v) is 7.97. The molecule has 0 bridgehead atoms. The van der Waals surface area contributed by atoms with Crippen LogP contribution >= 0.6 is 0 Å². The molecule has 0 unspecified atom stereocenters. The summed E-state index contributed by atoms with van der Waals surface area (Å²) in [4.78, 5) is 27.8. The van der Waals surface area contributed by atoms with Crippen molar-refractivity contribution in [2.75, 3.05) is 37.7 Å². The number of aromatic nitrogens is 2. The van der Waals surface area contributed by atoms with E-state index >= 15 is 0 Å². The van der Waals surface area contributed by atoms with Gasteiger partial charge in [0.1, 0.15) is 5.82 Å². The van der Waals surface area contributed by atoms with E-state index < -0.39 is 5.97 Å². The summed E-state index contributed by atoms with van der Waals surface area (Å²) in [5, 5.41) is 3.89. The van der Waals surface area contributed by atoms with Gasteiger partial charge in [0.15, 0.2) is 6.61 Å². The number of esters is 1. The van der Waals surface area contributed by atoms with Gasteiger partial charge < -0.3 is 14.5 Å². The van der Waals surface area contributed by atoms with E-state index in [1.54, 1.807) is 24.1 Å². The van der Waals surface area contributed by atoms with Crippen molar-refractivity contribution in [3.8, 4) is 0 Å².